The number of hydrogen-bond donors (Lipinski definition) is 0. The molecule has 1 spiro atoms. The molecule has 29 heavy (non-hydrogen) atoms. The molecule has 5 rings (SSSR count). The van der Waals surface area contributed by atoms with Crippen LogP contribution in [-0.4, -0.2) is 77.8 Å². The molecule has 1 aromatic rings. The Bertz CT molecular complexity index is 737. The summed E-state index contributed by atoms with van der Waals surface area (Å²) in [5.74, 6) is 0.940. The number of carbonyl (C=O) groups excluding carboxylic acids is 1. The summed E-state index contributed by atoms with van der Waals surface area (Å²) in [6.07, 6.45) is 10.8. The summed E-state index contributed by atoms with van der Waals surface area (Å²) in [4.78, 5) is 21.8. The van der Waals surface area contributed by atoms with Crippen LogP contribution in [0.1, 0.15) is 54.4 Å². The zero-order valence-corrected chi connectivity index (χ0v) is 17.5. The van der Waals surface area contributed by atoms with Gasteiger partial charge in [-0.1, -0.05) is 0 Å². The van der Waals surface area contributed by atoms with Crippen molar-refractivity contribution in [1.29, 1.82) is 0 Å². The van der Waals surface area contributed by atoms with Crippen LogP contribution in [0.3, 0.4) is 0 Å². The Morgan fingerprint density at radius 3 is 2.69 bits per heavy atom. The van der Waals surface area contributed by atoms with Crippen molar-refractivity contribution in [2.75, 3.05) is 39.5 Å². The van der Waals surface area contributed by atoms with Crippen LogP contribution in [0.2, 0.25) is 0 Å². The maximum absolute atomic E-state index is 12.9. The van der Waals surface area contributed by atoms with Crippen molar-refractivity contribution in [3.8, 4) is 0 Å². The summed E-state index contributed by atoms with van der Waals surface area (Å²) in [6.45, 7) is 7.32. The number of likely N-dealkylation sites (tertiary alicyclic amines) is 2. The van der Waals surface area contributed by atoms with E-state index in [1.165, 1.54) is 12.8 Å². The molecule has 3 aliphatic heterocycles. The Hall–Kier alpha value is -1.50. The molecule has 0 aromatic carbocycles. The van der Waals surface area contributed by atoms with Crippen LogP contribution in [0.5, 0.6) is 0 Å². The molecule has 158 valence electrons. The Morgan fingerprint density at radius 1 is 1.24 bits per heavy atom. The van der Waals surface area contributed by atoms with E-state index < -0.39 is 0 Å². The molecule has 3 saturated heterocycles. The highest BCUT2D eigenvalue weighted by atomic mass is 16.5. The maximum atomic E-state index is 12.9. The van der Waals surface area contributed by atoms with E-state index in [0.29, 0.717) is 12.1 Å². The van der Waals surface area contributed by atoms with Gasteiger partial charge < -0.3 is 14.4 Å². The molecule has 1 aromatic heterocycles. The van der Waals surface area contributed by atoms with Gasteiger partial charge in [0.1, 0.15) is 0 Å². The molecule has 1 aliphatic carbocycles. The fourth-order valence-electron chi connectivity index (χ4n) is 5.43. The second-order valence-corrected chi connectivity index (χ2v) is 9.35. The minimum Gasteiger partial charge on any atom is -0.381 e. The van der Waals surface area contributed by atoms with Crippen molar-refractivity contribution >= 4 is 5.91 Å². The van der Waals surface area contributed by atoms with Crippen LogP contribution >= 0.6 is 0 Å². The van der Waals surface area contributed by atoms with Gasteiger partial charge in [-0.15, -0.1) is 0 Å². The average molecular weight is 400 g/mol. The van der Waals surface area contributed by atoms with Crippen molar-refractivity contribution < 1.29 is 14.3 Å². The molecule has 6 nitrogen and oxygen atoms in total. The first-order valence-electron chi connectivity index (χ1n) is 11.3. The summed E-state index contributed by atoms with van der Waals surface area (Å²) < 4.78 is 12.1. The fraction of sp³-hybridized carbons (Fsp3) is 0.739. The fourth-order valence-corrected chi connectivity index (χ4v) is 5.43. The zero-order valence-electron chi connectivity index (χ0n) is 17.5. The van der Waals surface area contributed by atoms with E-state index in [0.717, 1.165) is 82.2 Å². The van der Waals surface area contributed by atoms with Gasteiger partial charge in [0.15, 0.2) is 0 Å². The van der Waals surface area contributed by atoms with Crippen molar-refractivity contribution in [2.24, 2.45) is 5.92 Å². The normalized spacial score (nSPS) is 27.8. The Labute approximate surface area is 173 Å². The van der Waals surface area contributed by atoms with Gasteiger partial charge in [0, 0.05) is 57.9 Å². The largest absolute Gasteiger partial charge is 0.381 e. The molecule has 1 amide bonds. The first-order chi connectivity index (χ1) is 14.2. The highest BCUT2D eigenvalue weighted by Crippen LogP contribution is 2.45. The highest BCUT2D eigenvalue weighted by Gasteiger charge is 2.57. The Balaban J connectivity index is 1.21. The number of nitrogens with zero attached hydrogens (tertiary/aromatic N) is 3. The second kappa shape index (κ2) is 7.97. The van der Waals surface area contributed by atoms with Crippen molar-refractivity contribution in [1.82, 2.24) is 14.8 Å². The Kier molecular flexibility index (Phi) is 5.35. The lowest BCUT2D eigenvalue weighted by Gasteiger charge is -2.63. The third-order valence-corrected chi connectivity index (χ3v) is 7.58. The molecule has 1 saturated carbocycles. The number of rotatable bonds is 5. The zero-order chi connectivity index (χ0) is 19.8. The quantitative estimate of drug-likeness (QED) is 0.762. The summed E-state index contributed by atoms with van der Waals surface area (Å²) in [5.41, 5.74) is 1.92. The van der Waals surface area contributed by atoms with E-state index in [9.17, 15) is 4.79 Å². The lowest BCUT2D eigenvalue weighted by molar-refractivity contribution is -0.217. The first kappa shape index (κ1) is 19.5. The number of carbonyl (C=O) groups is 1. The Morgan fingerprint density at radius 2 is 2.00 bits per heavy atom. The third kappa shape index (κ3) is 3.71. The predicted molar refractivity (Wildman–Crippen MR) is 110 cm³/mol. The molecule has 0 radical (unpaired) electrons. The van der Waals surface area contributed by atoms with Crippen molar-refractivity contribution in [2.45, 2.75) is 63.1 Å². The van der Waals surface area contributed by atoms with Crippen molar-refractivity contribution in [3.63, 3.8) is 0 Å². The minimum atomic E-state index is 0.129. The molecule has 6 heteroatoms. The van der Waals surface area contributed by atoms with Gasteiger partial charge in [0.2, 0.25) is 0 Å². The van der Waals surface area contributed by atoms with Crippen molar-refractivity contribution in [3.05, 3.63) is 29.6 Å². The summed E-state index contributed by atoms with van der Waals surface area (Å²) in [6, 6.07) is 2.46. The monoisotopic (exact) mass is 399 g/mol. The van der Waals surface area contributed by atoms with Gasteiger partial charge in [0.25, 0.3) is 5.91 Å². The molecule has 4 fully saturated rings. The SMILES string of the molecule is Cc1ccncc1C(=O)N1CCC(N2CC(OCC3CC3)C23CCOCC3)CC1. The standard InChI is InChI=1S/C23H33N3O3/c1-17-4-9-24-14-20(17)22(27)25-10-5-19(6-11-25)26-15-21(29-16-18-2-3-18)23(26)7-12-28-13-8-23/h4,9,14,18-19,21H,2-3,5-8,10-13,15-16H2,1H3. The molecule has 4 aliphatic rings. The van der Waals surface area contributed by atoms with E-state index in [2.05, 4.69) is 9.88 Å². The molecular formula is C23H33N3O3. The topological polar surface area (TPSA) is 54.9 Å². The van der Waals surface area contributed by atoms with Crippen LogP contribution in [0, 0.1) is 12.8 Å². The smallest absolute Gasteiger partial charge is 0.255 e. The number of piperidine rings is 1. The van der Waals surface area contributed by atoms with Crippen LogP contribution in [0.4, 0.5) is 0 Å². The molecular weight excluding hydrogens is 366 g/mol. The van der Waals surface area contributed by atoms with Crippen LogP contribution in [0.15, 0.2) is 18.5 Å². The third-order valence-electron chi connectivity index (χ3n) is 7.58. The van der Waals surface area contributed by atoms with Gasteiger partial charge in [-0.2, -0.15) is 0 Å². The van der Waals surface area contributed by atoms with Crippen LogP contribution in [-0.2, 0) is 9.47 Å². The lowest BCUT2D eigenvalue weighted by Crippen LogP contribution is -2.76. The first-order valence-corrected chi connectivity index (χ1v) is 11.3. The van der Waals surface area contributed by atoms with Gasteiger partial charge in [-0.3, -0.25) is 14.7 Å². The minimum absolute atomic E-state index is 0.129. The number of amides is 1. The molecule has 1 unspecified atom stereocenters. The van der Waals surface area contributed by atoms with E-state index in [4.69, 9.17) is 9.47 Å². The van der Waals surface area contributed by atoms with E-state index in [1.807, 2.05) is 17.9 Å². The molecule has 0 N–H and O–H groups in total. The van der Waals surface area contributed by atoms with Gasteiger partial charge in [-0.05, 0) is 63.0 Å². The van der Waals surface area contributed by atoms with E-state index in [-0.39, 0.29) is 11.4 Å². The number of aromatic nitrogens is 1. The van der Waals surface area contributed by atoms with E-state index >= 15 is 0 Å². The van der Waals surface area contributed by atoms with Crippen LogP contribution < -0.4 is 0 Å². The molecule has 1 atom stereocenters. The predicted octanol–water partition coefficient (Wildman–Crippen LogP) is 2.65. The van der Waals surface area contributed by atoms with Gasteiger partial charge >= 0.3 is 0 Å². The summed E-state index contributed by atoms with van der Waals surface area (Å²) >= 11 is 0. The number of ether oxygens (including phenoxy) is 2. The van der Waals surface area contributed by atoms with E-state index in [1.54, 1.807) is 12.4 Å². The number of hydrogen-bond acceptors (Lipinski definition) is 5. The van der Waals surface area contributed by atoms with Crippen LogP contribution in [0.25, 0.3) is 0 Å². The summed E-state index contributed by atoms with van der Waals surface area (Å²) in [5, 5.41) is 0. The number of pyridine rings is 1. The highest BCUT2D eigenvalue weighted by molar-refractivity contribution is 5.95. The second-order valence-electron chi connectivity index (χ2n) is 9.35. The molecule has 0 bridgehead atoms. The van der Waals surface area contributed by atoms with Gasteiger partial charge in [0.05, 0.1) is 17.2 Å². The average Bonchev–Trinajstić information content (AvgIpc) is 3.58. The van der Waals surface area contributed by atoms with Gasteiger partial charge in [-0.25, -0.2) is 0 Å². The number of aryl methyl sites for hydroxylation is 1. The molecule has 4 heterocycles. The summed E-state index contributed by atoms with van der Waals surface area (Å²) in [7, 11) is 0. The lowest BCUT2D eigenvalue weighted by atomic mass is 9.73. The maximum Gasteiger partial charge on any atom is 0.255 e.